The van der Waals surface area contributed by atoms with Crippen molar-refractivity contribution in [1.82, 2.24) is 0 Å². The minimum Gasteiger partial charge on any atom is -0.508 e. The third-order valence-corrected chi connectivity index (χ3v) is 3.28. The van der Waals surface area contributed by atoms with Gasteiger partial charge in [0.05, 0.1) is 5.56 Å². The number of hydrogen-bond acceptors (Lipinski definition) is 3. The number of alkyl halides is 1. The molecule has 5 heteroatoms. The summed E-state index contributed by atoms with van der Waals surface area (Å²) >= 11 is 5.67. The van der Waals surface area contributed by atoms with Crippen LogP contribution in [0.3, 0.4) is 0 Å². The molecule has 3 N–H and O–H groups in total. The summed E-state index contributed by atoms with van der Waals surface area (Å²) in [4.78, 5) is 12.1. The quantitative estimate of drug-likeness (QED) is 0.740. The molecule has 0 radical (unpaired) electrons. The minimum atomic E-state index is -0.429. The molecule has 0 fully saturated rings. The SMILES string of the molecule is O=C(Nc1cccc(CCCCl)c1)c1ccc(O)cc1O. The van der Waals surface area contributed by atoms with E-state index in [4.69, 9.17) is 11.6 Å². The molecule has 0 heterocycles. The van der Waals surface area contributed by atoms with Crippen LogP contribution in [0.5, 0.6) is 11.5 Å². The first-order chi connectivity index (χ1) is 10.1. The fraction of sp³-hybridized carbons (Fsp3) is 0.188. The number of rotatable bonds is 5. The molecule has 4 nitrogen and oxygen atoms in total. The van der Waals surface area contributed by atoms with Crippen LogP contribution in [0.15, 0.2) is 42.5 Å². The maximum absolute atomic E-state index is 12.1. The Morgan fingerprint density at radius 2 is 1.95 bits per heavy atom. The Morgan fingerprint density at radius 3 is 2.67 bits per heavy atom. The van der Waals surface area contributed by atoms with Gasteiger partial charge in [-0.05, 0) is 42.7 Å². The van der Waals surface area contributed by atoms with E-state index in [2.05, 4.69) is 5.32 Å². The largest absolute Gasteiger partial charge is 0.508 e. The molecule has 0 atom stereocenters. The van der Waals surface area contributed by atoms with Crippen LogP contribution < -0.4 is 5.32 Å². The van der Waals surface area contributed by atoms with Crippen LogP contribution >= 0.6 is 11.6 Å². The van der Waals surface area contributed by atoms with Crippen molar-refractivity contribution in [1.29, 1.82) is 0 Å². The highest BCUT2D eigenvalue weighted by atomic mass is 35.5. The van der Waals surface area contributed by atoms with Gasteiger partial charge in [-0.15, -0.1) is 11.6 Å². The molecule has 2 rings (SSSR count). The molecule has 0 unspecified atom stereocenters. The average molecular weight is 306 g/mol. The van der Waals surface area contributed by atoms with E-state index < -0.39 is 5.91 Å². The van der Waals surface area contributed by atoms with Crippen LogP contribution in [-0.2, 0) is 6.42 Å². The number of phenols is 2. The lowest BCUT2D eigenvalue weighted by Gasteiger charge is -2.08. The lowest BCUT2D eigenvalue weighted by Crippen LogP contribution is -2.12. The fourth-order valence-corrected chi connectivity index (χ4v) is 2.12. The molecule has 0 saturated carbocycles. The monoisotopic (exact) mass is 305 g/mol. The predicted molar refractivity (Wildman–Crippen MR) is 83.2 cm³/mol. The molecule has 0 bridgehead atoms. The number of anilines is 1. The van der Waals surface area contributed by atoms with Crippen LogP contribution in [0.1, 0.15) is 22.3 Å². The zero-order valence-electron chi connectivity index (χ0n) is 11.3. The molecule has 1 amide bonds. The lowest BCUT2D eigenvalue weighted by atomic mass is 10.1. The van der Waals surface area contributed by atoms with Gasteiger partial charge in [0.25, 0.3) is 5.91 Å². The second kappa shape index (κ2) is 6.99. The summed E-state index contributed by atoms with van der Waals surface area (Å²) in [7, 11) is 0. The first-order valence-corrected chi connectivity index (χ1v) is 7.12. The molecule has 110 valence electrons. The number of carbonyl (C=O) groups is 1. The number of amides is 1. The van der Waals surface area contributed by atoms with Gasteiger partial charge in [-0.25, -0.2) is 0 Å². The number of aryl methyl sites for hydroxylation is 1. The third kappa shape index (κ3) is 4.13. The van der Waals surface area contributed by atoms with E-state index in [1.807, 2.05) is 18.2 Å². The van der Waals surface area contributed by atoms with E-state index in [0.29, 0.717) is 11.6 Å². The van der Waals surface area contributed by atoms with Crippen molar-refractivity contribution in [2.24, 2.45) is 0 Å². The Kier molecular flexibility index (Phi) is 5.06. The first-order valence-electron chi connectivity index (χ1n) is 6.58. The topological polar surface area (TPSA) is 69.6 Å². The molecule has 21 heavy (non-hydrogen) atoms. The smallest absolute Gasteiger partial charge is 0.259 e. The van der Waals surface area contributed by atoms with Crippen LogP contribution in [0.2, 0.25) is 0 Å². The standard InChI is InChI=1S/C16H16ClNO3/c17-8-2-4-11-3-1-5-12(9-11)18-16(21)14-7-6-13(19)10-15(14)20/h1,3,5-7,9-10,19-20H,2,4,8H2,(H,18,21). The highest BCUT2D eigenvalue weighted by Crippen LogP contribution is 2.23. The Bertz CT molecular complexity index is 643. The van der Waals surface area contributed by atoms with Gasteiger partial charge >= 0.3 is 0 Å². The average Bonchev–Trinajstić information content (AvgIpc) is 2.45. The third-order valence-electron chi connectivity index (χ3n) is 3.01. The van der Waals surface area contributed by atoms with E-state index in [9.17, 15) is 15.0 Å². The molecule has 0 aromatic heterocycles. The summed E-state index contributed by atoms with van der Waals surface area (Å²) < 4.78 is 0. The van der Waals surface area contributed by atoms with Gasteiger partial charge in [0.2, 0.25) is 0 Å². The molecular formula is C16H16ClNO3. The lowest BCUT2D eigenvalue weighted by molar-refractivity contribution is 0.102. The molecule has 0 aliphatic heterocycles. The van der Waals surface area contributed by atoms with Gasteiger partial charge in [-0.3, -0.25) is 4.79 Å². The second-order valence-corrected chi connectivity index (χ2v) is 5.03. The summed E-state index contributed by atoms with van der Waals surface area (Å²) in [5.41, 5.74) is 1.85. The summed E-state index contributed by atoms with van der Waals surface area (Å²) in [6, 6.07) is 11.3. The van der Waals surface area contributed by atoms with Gasteiger partial charge < -0.3 is 15.5 Å². The summed E-state index contributed by atoms with van der Waals surface area (Å²) in [5.74, 6) is -0.183. The van der Waals surface area contributed by atoms with Crippen LogP contribution in [0.25, 0.3) is 0 Å². The van der Waals surface area contributed by atoms with Crippen molar-refractivity contribution in [3.63, 3.8) is 0 Å². The molecule has 0 aliphatic carbocycles. The predicted octanol–water partition coefficient (Wildman–Crippen LogP) is 3.52. The van der Waals surface area contributed by atoms with Gasteiger partial charge in [-0.1, -0.05) is 12.1 Å². The maximum Gasteiger partial charge on any atom is 0.259 e. The van der Waals surface area contributed by atoms with Crippen molar-refractivity contribution in [2.45, 2.75) is 12.8 Å². The van der Waals surface area contributed by atoms with E-state index in [1.54, 1.807) is 6.07 Å². The van der Waals surface area contributed by atoms with Crippen molar-refractivity contribution in [3.05, 3.63) is 53.6 Å². The number of carbonyl (C=O) groups excluding carboxylic acids is 1. The summed E-state index contributed by atoms with van der Waals surface area (Å²) in [6.45, 7) is 0. The molecular weight excluding hydrogens is 290 g/mol. The number of aromatic hydroxyl groups is 2. The summed E-state index contributed by atoms with van der Waals surface area (Å²) in [6.07, 6.45) is 1.72. The minimum absolute atomic E-state index is 0.0906. The molecule has 0 spiro atoms. The first kappa shape index (κ1) is 15.2. The number of nitrogens with one attached hydrogen (secondary N) is 1. The number of phenolic OH excluding ortho intramolecular Hbond substituents is 2. The zero-order valence-corrected chi connectivity index (χ0v) is 12.1. The summed E-state index contributed by atoms with van der Waals surface area (Å²) in [5, 5.41) is 21.6. The fourth-order valence-electron chi connectivity index (χ4n) is 1.99. The van der Waals surface area contributed by atoms with E-state index in [1.165, 1.54) is 12.1 Å². The Hall–Kier alpha value is -2.20. The zero-order chi connectivity index (χ0) is 15.2. The number of benzene rings is 2. The Labute approximate surface area is 128 Å². The van der Waals surface area contributed by atoms with Crippen molar-refractivity contribution < 1.29 is 15.0 Å². The van der Waals surface area contributed by atoms with Gasteiger partial charge in [0, 0.05) is 17.6 Å². The molecule has 0 aliphatic rings. The molecule has 2 aromatic rings. The van der Waals surface area contributed by atoms with Crippen LogP contribution in [0.4, 0.5) is 5.69 Å². The van der Waals surface area contributed by atoms with E-state index in [-0.39, 0.29) is 17.1 Å². The number of hydrogen-bond donors (Lipinski definition) is 3. The number of halogens is 1. The maximum atomic E-state index is 12.1. The molecule has 2 aromatic carbocycles. The Morgan fingerprint density at radius 1 is 1.14 bits per heavy atom. The molecule has 0 saturated heterocycles. The van der Waals surface area contributed by atoms with Gasteiger partial charge in [0.15, 0.2) is 0 Å². The van der Waals surface area contributed by atoms with Crippen LogP contribution in [-0.4, -0.2) is 22.0 Å². The second-order valence-electron chi connectivity index (χ2n) is 4.65. The van der Waals surface area contributed by atoms with Crippen molar-refractivity contribution >= 4 is 23.2 Å². The normalized spacial score (nSPS) is 10.3. The van der Waals surface area contributed by atoms with Crippen LogP contribution in [0, 0.1) is 0 Å². The highest BCUT2D eigenvalue weighted by molar-refractivity contribution is 6.17. The Balaban J connectivity index is 2.12. The van der Waals surface area contributed by atoms with E-state index in [0.717, 1.165) is 24.5 Å². The van der Waals surface area contributed by atoms with Gasteiger partial charge in [0.1, 0.15) is 11.5 Å². The van der Waals surface area contributed by atoms with Gasteiger partial charge in [-0.2, -0.15) is 0 Å². The van der Waals surface area contributed by atoms with Crippen molar-refractivity contribution in [3.8, 4) is 11.5 Å². The van der Waals surface area contributed by atoms with E-state index >= 15 is 0 Å². The highest BCUT2D eigenvalue weighted by Gasteiger charge is 2.12. The van der Waals surface area contributed by atoms with Crippen molar-refractivity contribution in [2.75, 3.05) is 11.2 Å².